The molecule has 1 N–H and O–H groups in total. The number of carbonyl (C=O) groups excluding carboxylic acids is 1. The number of hydrogen-bond donors (Lipinski definition) is 1. The topological polar surface area (TPSA) is 32.3 Å². The minimum Gasteiger partial charge on any atom is -0.351 e. The van der Waals surface area contributed by atoms with Gasteiger partial charge in [0.15, 0.2) is 0 Å². The molecule has 0 spiro atoms. The van der Waals surface area contributed by atoms with E-state index in [1.807, 2.05) is 36.4 Å². The third kappa shape index (κ3) is 4.75. The van der Waals surface area contributed by atoms with Gasteiger partial charge in [0.25, 0.3) is 5.91 Å². The van der Waals surface area contributed by atoms with Crippen molar-refractivity contribution in [2.45, 2.75) is 51.6 Å². The van der Waals surface area contributed by atoms with Crippen molar-refractivity contribution in [1.29, 1.82) is 0 Å². The molecule has 0 aliphatic heterocycles. The zero-order valence-electron chi connectivity index (χ0n) is 16.5. The Morgan fingerprint density at radius 2 is 1.74 bits per heavy atom. The van der Waals surface area contributed by atoms with Crippen LogP contribution in [-0.4, -0.2) is 29.9 Å². The largest absolute Gasteiger partial charge is 0.351 e. The highest BCUT2D eigenvalue weighted by atomic mass is 19.1. The lowest BCUT2D eigenvalue weighted by atomic mass is 9.96. The first-order valence-electron chi connectivity index (χ1n) is 9.81. The second kappa shape index (κ2) is 8.22. The summed E-state index contributed by atoms with van der Waals surface area (Å²) in [6, 6.07) is 15.0. The van der Waals surface area contributed by atoms with Crippen LogP contribution in [0.15, 0.2) is 48.5 Å². The van der Waals surface area contributed by atoms with E-state index in [4.69, 9.17) is 0 Å². The zero-order chi connectivity index (χ0) is 19.4. The summed E-state index contributed by atoms with van der Waals surface area (Å²) in [5.41, 5.74) is 2.98. The molecule has 1 amide bonds. The summed E-state index contributed by atoms with van der Waals surface area (Å²) in [6.45, 7) is 9.04. The number of nitrogens with one attached hydrogen (secondary N) is 1. The van der Waals surface area contributed by atoms with Gasteiger partial charge in [-0.2, -0.15) is 0 Å². The van der Waals surface area contributed by atoms with Gasteiger partial charge < -0.3 is 5.32 Å². The van der Waals surface area contributed by atoms with E-state index in [0.717, 1.165) is 31.5 Å². The lowest BCUT2D eigenvalue weighted by Gasteiger charge is -2.24. The number of carbonyl (C=O) groups is 1. The second-order valence-corrected chi connectivity index (χ2v) is 7.82. The lowest BCUT2D eigenvalue weighted by Crippen LogP contribution is -2.32. The van der Waals surface area contributed by atoms with Crippen LogP contribution in [-0.2, 0) is 12.0 Å². The molecule has 0 radical (unpaired) electrons. The Morgan fingerprint density at radius 1 is 1.11 bits per heavy atom. The number of halogens is 1. The average Bonchev–Trinajstić information content (AvgIpc) is 3.46. The Kier molecular flexibility index (Phi) is 5.95. The molecule has 3 nitrogen and oxygen atoms in total. The van der Waals surface area contributed by atoms with Crippen molar-refractivity contribution >= 4 is 5.91 Å². The van der Waals surface area contributed by atoms with Crippen LogP contribution in [0.2, 0.25) is 0 Å². The smallest absolute Gasteiger partial charge is 0.251 e. The standard InChI is InChI=1S/C23H29FN2O/c1-4-26(17(2)3)15-18-5-7-19(8-6-18)22(27)25-16-23(13-14-23)20-9-11-21(24)12-10-20/h5-12,17H,4,13-16H2,1-3H3,(H,25,27). The van der Waals surface area contributed by atoms with E-state index < -0.39 is 0 Å². The van der Waals surface area contributed by atoms with Crippen LogP contribution in [0.4, 0.5) is 4.39 Å². The first-order valence-corrected chi connectivity index (χ1v) is 9.81. The van der Waals surface area contributed by atoms with Crippen LogP contribution in [0.1, 0.15) is 55.1 Å². The van der Waals surface area contributed by atoms with Crippen LogP contribution in [0.25, 0.3) is 0 Å². The molecule has 1 aliphatic carbocycles. The van der Waals surface area contributed by atoms with Crippen LogP contribution in [0.5, 0.6) is 0 Å². The Hall–Kier alpha value is -2.20. The van der Waals surface area contributed by atoms with Crippen LogP contribution in [0, 0.1) is 5.82 Å². The SMILES string of the molecule is CCN(Cc1ccc(C(=O)NCC2(c3ccc(F)cc3)CC2)cc1)C(C)C. The predicted molar refractivity (Wildman–Crippen MR) is 107 cm³/mol. The van der Waals surface area contributed by atoms with Gasteiger partial charge in [0, 0.05) is 30.1 Å². The van der Waals surface area contributed by atoms with E-state index in [9.17, 15) is 9.18 Å². The summed E-state index contributed by atoms with van der Waals surface area (Å²) in [7, 11) is 0. The molecule has 144 valence electrons. The van der Waals surface area contributed by atoms with Crippen molar-refractivity contribution in [3.8, 4) is 0 Å². The van der Waals surface area contributed by atoms with Gasteiger partial charge in [-0.25, -0.2) is 4.39 Å². The van der Waals surface area contributed by atoms with E-state index in [1.54, 1.807) is 0 Å². The normalized spacial score (nSPS) is 15.2. The Bertz CT molecular complexity index is 764. The van der Waals surface area contributed by atoms with Gasteiger partial charge in [0.05, 0.1) is 0 Å². The summed E-state index contributed by atoms with van der Waals surface area (Å²) in [5.74, 6) is -0.274. The third-order valence-electron chi connectivity index (χ3n) is 5.64. The molecule has 0 bridgehead atoms. The molecule has 1 aliphatic rings. The predicted octanol–water partition coefficient (Wildman–Crippen LogP) is 4.52. The first kappa shape index (κ1) is 19.6. The molecule has 1 fully saturated rings. The van der Waals surface area contributed by atoms with E-state index >= 15 is 0 Å². The van der Waals surface area contributed by atoms with Crippen LogP contribution < -0.4 is 5.32 Å². The molecule has 0 heterocycles. The van der Waals surface area contributed by atoms with Gasteiger partial charge in [-0.15, -0.1) is 0 Å². The van der Waals surface area contributed by atoms with Crippen LogP contribution in [0.3, 0.4) is 0 Å². The summed E-state index contributed by atoms with van der Waals surface area (Å²) in [5, 5.41) is 3.06. The quantitative estimate of drug-likeness (QED) is 0.743. The molecule has 4 heteroatoms. The molecule has 0 aromatic heterocycles. The maximum absolute atomic E-state index is 13.1. The highest BCUT2D eigenvalue weighted by molar-refractivity contribution is 5.94. The monoisotopic (exact) mass is 368 g/mol. The lowest BCUT2D eigenvalue weighted by molar-refractivity contribution is 0.0949. The first-order chi connectivity index (χ1) is 12.9. The number of benzene rings is 2. The average molecular weight is 368 g/mol. The van der Waals surface area contributed by atoms with E-state index in [-0.39, 0.29) is 17.1 Å². The van der Waals surface area contributed by atoms with Gasteiger partial charge in [-0.3, -0.25) is 9.69 Å². The summed E-state index contributed by atoms with van der Waals surface area (Å²) in [6.07, 6.45) is 2.06. The van der Waals surface area contributed by atoms with Gasteiger partial charge in [-0.1, -0.05) is 31.2 Å². The molecule has 1 saturated carbocycles. The van der Waals surface area contributed by atoms with Crippen molar-refractivity contribution in [2.75, 3.05) is 13.1 Å². The molecule has 2 aromatic rings. The zero-order valence-corrected chi connectivity index (χ0v) is 16.5. The number of rotatable bonds is 8. The van der Waals surface area contributed by atoms with Crippen molar-refractivity contribution < 1.29 is 9.18 Å². The number of hydrogen-bond acceptors (Lipinski definition) is 2. The Balaban J connectivity index is 1.57. The maximum atomic E-state index is 13.1. The number of amides is 1. The van der Waals surface area contributed by atoms with Gasteiger partial charge in [-0.05, 0) is 68.6 Å². The summed E-state index contributed by atoms with van der Waals surface area (Å²) in [4.78, 5) is 14.9. The highest BCUT2D eigenvalue weighted by Crippen LogP contribution is 2.47. The molecule has 0 atom stereocenters. The maximum Gasteiger partial charge on any atom is 0.251 e. The fourth-order valence-corrected chi connectivity index (χ4v) is 3.53. The molecule has 27 heavy (non-hydrogen) atoms. The molecule has 3 rings (SSSR count). The third-order valence-corrected chi connectivity index (χ3v) is 5.64. The number of nitrogens with zero attached hydrogens (tertiary/aromatic N) is 1. The van der Waals surface area contributed by atoms with E-state index in [1.165, 1.54) is 17.7 Å². The van der Waals surface area contributed by atoms with E-state index in [2.05, 4.69) is 31.0 Å². The second-order valence-electron chi connectivity index (χ2n) is 7.82. The molecule has 0 unspecified atom stereocenters. The molecule has 0 saturated heterocycles. The highest BCUT2D eigenvalue weighted by Gasteiger charge is 2.44. The van der Waals surface area contributed by atoms with Gasteiger partial charge in [0.2, 0.25) is 0 Å². The van der Waals surface area contributed by atoms with Crippen molar-refractivity contribution in [2.24, 2.45) is 0 Å². The fourth-order valence-electron chi connectivity index (χ4n) is 3.53. The van der Waals surface area contributed by atoms with Gasteiger partial charge in [0.1, 0.15) is 5.82 Å². The Morgan fingerprint density at radius 3 is 2.26 bits per heavy atom. The van der Waals surface area contributed by atoms with Crippen molar-refractivity contribution in [1.82, 2.24) is 10.2 Å². The molecular formula is C23H29FN2O. The molecule has 2 aromatic carbocycles. The fraction of sp³-hybridized carbons (Fsp3) is 0.435. The van der Waals surface area contributed by atoms with Crippen molar-refractivity contribution in [3.05, 3.63) is 71.0 Å². The minimum absolute atomic E-state index is 0.0256. The minimum atomic E-state index is -0.224. The Labute approximate surface area is 161 Å². The summed E-state index contributed by atoms with van der Waals surface area (Å²) < 4.78 is 13.1. The van der Waals surface area contributed by atoms with Crippen molar-refractivity contribution in [3.63, 3.8) is 0 Å². The molecular weight excluding hydrogens is 339 g/mol. The van der Waals surface area contributed by atoms with Crippen LogP contribution >= 0.6 is 0 Å². The van der Waals surface area contributed by atoms with E-state index in [0.29, 0.717) is 18.2 Å². The summed E-state index contributed by atoms with van der Waals surface area (Å²) >= 11 is 0. The van der Waals surface area contributed by atoms with Gasteiger partial charge >= 0.3 is 0 Å².